The van der Waals surface area contributed by atoms with Crippen molar-refractivity contribution < 1.29 is 18.8 Å². The zero-order valence-electron chi connectivity index (χ0n) is 15.2. The van der Waals surface area contributed by atoms with E-state index in [9.17, 15) is 14.4 Å². The van der Waals surface area contributed by atoms with Gasteiger partial charge in [0, 0.05) is 31.7 Å². The predicted octanol–water partition coefficient (Wildman–Crippen LogP) is 2.02. The minimum absolute atomic E-state index is 0.0427. The lowest BCUT2D eigenvalue weighted by molar-refractivity contribution is -0.120. The second-order valence-corrected chi connectivity index (χ2v) is 6.73. The summed E-state index contributed by atoms with van der Waals surface area (Å²) in [5, 5.41) is 8.71. The number of nitrogens with one attached hydrogen (secondary N) is 3. The number of benzene rings is 1. The molecule has 0 bridgehead atoms. The van der Waals surface area contributed by atoms with Crippen molar-refractivity contribution in [1.29, 1.82) is 0 Å². The van der Waals surface area contributed by atoms with E-state index in [0.717, 1.165) is 5.69 Å². The van der Waals surface area contributed by atoms with Crippen LogP contribution < -0.4 is 20.9 Å². The van der Waals surface area contributed by atoms with Gasteiger partial charge in [0.2, 0.25) is 11.8 Å². The van der Waals surface area contributed by atoms with E-state index in [1.807, 2.05) is 4.90 Å². The Hall–Kier alpha value is -3.00. The monoisotopic (exact) mass is 404 g/mol. The van der Waals surface area contributed by atoms with Crippen LogP contribution in [-0.2, 0) is 9.59 Å². The first kappa shape index (κ1) is 19.8. The summed E-state index contributed by atoms with van der Waals surface area (Å²) in [4.78, 5) is 37.2. The van der Waals surface area contributed by atoms with Gasteiger partial charge in [0.15, 0.2) is 5.76 Å². The molecular weight excluding hydrogens is 384 g/mol. The molecule has 0 spiro atoms. The quantitative estimate of drug-likeness (QED) is 0.612. The summed E-state index contributed by atoms with van der Waals surface area (Å²) in [6.45, 7) is 1.88. The lowest BCUT2D eigenvalue weighted by Crippen LogP contribution is -2.47. The number of hydrogen-bond acceptors (Lipinski definition) is 5. The van der Waals surface area contributed by atoms with Crippen LogP contribution in [-0.4, -0.2) is 43.9 Å². The summed E-state index contributed by atoms with van der Waals surface area (Å²) in [6.07, 6.45) is 2.18. The average Bonchev–Trinajstić information content (AvgIpc) is 3.20. The Morgan fingerprint density at radius 3 is 2.86 bits per heavy atom. The summed E-state index contributed by atoms with van der Waals surface area (Å²) in [6, 6.07) is 8.43. The Labute approximate surface area is 167 Å². The minimum Gasteiger partial charge on any atom is -0.459 e. The van der Waals surface area contributed by atoms with Gasteiger partial charge in [0.1, 0.15) is 0 Å². The van der Waals surface area contributed by atoms with Crippen LogP contribution in [0.4, 0.5) is 11.4 Å². The van der Waals surface area contributed by atoms with Crippen molar-refractivity contribution in [2.75, 3.05) is 36.4 Å². The Kier molecular flexibility index (Phi) is 6.54. The summed E-state index contributed by atoms with van der Waals surface area (Å²) >= 11 is 6.32. The molecule has 0 unspecified atom stereocenters. The molecule has 1 fully saturated rings. The molecule has 0 radical (unpaired) electrons. The van der Waals surface area contributed by atoms with E-state index >= 15 is 0 Å². The number of piperazine rings is 1. The maximum Gasteiger partial charge on any atom is 0.286 e. The lowest BCUT2D eigenvalue weighted by atomic mass is 10.2. The Bertz CT molecular complexity index is 854. The highest BCUT2D eigenvalue weighted by Crippen LogP contribution is 2.29. The van der Waals surface area contributed by atoms with Crippen LogP contribution in [0.5, 0.6) is 0 Å². The standard InChI is InChI=1S/C19H21ClN4O4/c20-14-11-13(5-6-15(14)24-9-8-21-18(26)12-24)23-17(25)4-1-7-22-19(27)16-3-2-10-28-16/h2-3,5-6,10-11H,1,4,7-9,12H2,(H,21,26)(H,22,27)(H,23,25). The summed E-state index contributed by atoms with van der Waals surface area (Å²) in [5.74, 6) is -0.281. The number of halogens is 1. The van der Waals surface area contributed by atoms with Gasteiger partial charge in [0.05, 0.1) is 23.5 Å². The van der Waals surface area contributed by atoms with Gasteiger partial charge in [-0.25, -0.2) is 0 Å². The van der Waals surface area contributed by atoms with E-state index in [1.165, 1.54) is 6.26 Å². The highest BCUT2D eigenvalue weighted by molar-refractivity contribution is 6.33. The van der Waals surface area contributed by atoms with Crippen LogP contribution >= 0.6 is 11.6 Å². The number of carbonyl (C=O) groups excluding carboxylic acids is 3. The number of rotatable bonds is 7. The first-order valence-electron chi connectivity index (χ1n) is 8.95. The number of carbonyl (C=O) groups is 3. The van der Waals surface area contributed by atoms with Crippen LogP contribution in [0.2, 0.25) is 5.02 Å². The van der Waals surface area contributed by atoms with Crippen molar-refractivity contribution in [2.24, 2.45) is 0 Å². The maximum atomic E-state index is 12.1. The molecule has 0 aliphatic carbocycles. The van der Waals surface area contributed by atoms with E-state index in [0.29, 0.717) is 36.8 Å². The third kappa shape index (κ3) is 5.26. The van der Waals surface area contributed by atoms with Crippen LogP contribution in [0.3, 0.4) is 0 Å². The molecule has 2 aromatic rings. The Balaban J connectivity index is 1.44. The zero-order chi connectivity index (χ0) is 19.9. The highest BCUT2D eigenvalue weighted by atomic mass is 35.5. The molecule has 0 atom stereocenters. The molecular formula is C19H21ClN4O4. The number of furan rings is 1. The molecule has 28 heavy (non-hydrogen) atoms. The number of anilines is 2. The van der Waals surface area contributed by atoms with Gasteiger partial charge in [-0.05, 0) is 36.8 Å². The van der Waals surface area contributed by atoms with E-state index < -0.39 is 0 Å². The van der Waals surface area contributed by atoms with E-state index in [-0.39, 0.29) is 36.4 Å². The fourth-order valence-electron chi connectivity index (χ4n) is 2.85. The first-order chi connectivity index (χ1) is 13.5. The normalized spacial score (nSPS) is 13.8. The van der Waals surface area contributed by atoms with Crippen LogP contribution in [0, 0.1) is 0 Å². The van der Waals surface area contributed by atoms with Crippen molar-refractivity contribution in [1.82, 2.24) is 10.6 Å². The molecule has 3 amide bonds. The lowest BCUT2D eigenvalue weighted by Gasteiger charge is -2.29. The van der Waals surface area contributed by atoms with Gasteiger partial charge in [-0.1, -0.05) is 11.6 Å². The van der Waals surface area contributed by atoms with Crippen LogP contribution in [0.25, 0.3) is 0 Å². The molecule has 1 aliphatic rings. The van der Waals surface area contributed by atoms with Gasteiger partial charge in [-0.3, -0.25) is 14.4 Å². The van der Waals surface area contributed by atoms with Crippen LogP contribution in [0.15, 0.2) is 41.0 Å². The molecule has 1 aliphatic heterocycles. The van der Waals surface area contributed by atoms with Crippen molar-refractivity contribution in [3.05, 3.63) is 47.4 Å². The highest BCUT2D eigenvalue weighted by Gasteiger charge is 2.19. The molecule has 0 saturated carbocycles. The van der Waals surface area contributed by atoms with Crippen molar-refractivity contribution >= 4 is 40.7 Å². The van der Waals surface area contributed by atoms with Gasteiger partial charge in [-0.2, -0.15) is 0 Å². The van der Waals surface area contributed by atoms with Gasteiger partial charge >= 0.3 is 0 Å². The van der Waals surface area contributed by atoms with Crippen LogP contribution in [0.1, 0.15) is 23.4 Å². The zero-order valence-corrected chi connectivity index (χ0v) is 15.9. The van der Waals surface area contributed by atoms with E-state index in [4.69, 9.17) is 16.0 Å². The summed E-state index contributed by atoms with van der Waals surface area (Å²) in [7, 11) is 0. The smallest absolute Gasteiger partial charge is 0.286 e. The number of hydrogen-bond donors (Lipinski definition) is 3. The molecule has 1 aromatic carbocycles. The first-order valence-corrected chi connectivity index (χ1v) is 9.33. The third-order valence-corrected chi connectivity index (χ3v) is 4.52. The minimum atomic E-state index is -0.306. The summed E-state index contributed by atoms with van der Waals surface area (Å²) < 4.78 is 4.99. The van der Waals surface area contributed by atoms with E-state index in [1.54, 1.807) is 30.3 Å². The molecule has 1 saturated heterocycles. The van der Waals surface area contributed by atoms with Crippen molar-refractivity contribution in [2.45, 2.75) is 12.8 Å². The number of amides is 3. The molecule has 1 aromatic heterocycles. The Morgan fingerprint density at radius 2 is 2.14 bits per heavy atom. The summed E-state index contributed by atoms with van der Waals surface area (Å²) in [5.41, 5.74) is 1.34. The second kappa shape index (κ2) is 9.27. The SMILES string of the molecule is O=C1CN(c2ccc(NC(=O)CCCNC(=O)c3ccco3)cc2Cl)CCN1. The molecule has 3 rings (SSSR count). The van der Waals surface area contributed by atoms with E-state index in [2.05, 4.69) is 16.0 Å². The van der Waals surface area contributed by atoms with Gasteiger partial charge in [-0.15, -0.1) is 0 Å². The molecule has 8 nitrogen and oxygen atoms in total. The molecule has 148 valence electrons. The predicted molar refractivity (Wildman–Crippen MR) is 106 cm³/mol. The topological polar surface area (TPSA) is 104 Å². The largest absolute Gasteiger partial charge is 0.459 e. The molecule has 9 heteroatoms. The van der Waals surface area contributed by atoms with Crippen molar-refractivity contribution in [3.63, 3.8) is 0 Å². The fourth-order valence-corrected chi connectivity index (χ4v) is 3.15. The molecule has 3 N–H and O–H groups in total. The maximum absolute atomic E-state index is 12.1. The Morgan fingerprint density at radius 1 is 1.29 bits per heavy atom. The van der Waals surface area contributed by atoms with Crippen molar-refractivity contribution in [3.8, 4) is 0 Å². The second-order valence-electron chi connectivity index (χ2n) is 6.32. The van der Waals surface area contributed by atoms with Gasteiger partial charge in [0.25, 0.3) is 5.91 Å². The van der Waals surface area contributed by atoms with Gasteiger partial charge < -0.3 is 25.3 Å². The molecule has 2 heterocycles. The third-order valence-electron chi connectivity index (χ3n) is 4.22. The number of nitrogens with zero attached hydrogens (tertiary/aromatic N) is 1. The fraction of sp³-hybridized carbons (Fsp3) is 0.316. The average molecular weight is 405 g/mol.